The first-order valence-electron chi connectivity index (χ1n) is 17.7. The van der Waals surface area contributed by atoms with Crippen molar-refractivity contribution >= 4 is 68.6 Å². The number of amides is 1. The monoisotopic (exact) mass is 939 g/mol. The average Bonchev–Trinajstić information content (AvgIpc) is 3.81. The molecular formula is C34H36N11Na3O11S3. The smallest absolute Gasteiger partial charge is 0.744 e. The van der Waals surface area contributed by atoms with E-state index in [0.717, 1.165) is 30.0 Å². The molecular weight excluding hydrogens is 904 g/mol. The van der Waals surface area contributed by atoms with E-state index in [1.165, 1.54) is 6.07 Å². The molecule has 0 saturated carbocycles. The molecule has 0 aliphatic rings. The molecule has 62 heavy (non-hydrogen) atoms. The van der Waals surface area contributed by atoms with Crippen molar-refractivity contribution in [3.8, 4) is 5.75 Å². The summed E-state index contributed by atoms with van der Waals surface area (Å²) in [6.45, 7) is 7.69. The van der Waals surface area contributed by atoms with Gasteiger partial charge in [-0.25, -0.2) is 29.9 Å². The summed E-state index contributed by atoms with van der Waals surface area (Å²) in [5.74, 6) is -0.945. The number of azide groups is 1. The van der Waals surface area contributed by atoms with Crippen molar-refractivity contribution in [3.05, 3.63) is 70.6 Å². The molecule has 2 heterocycles. The fraction of sp³-hybridized carbons (Fsp3) is 0.382. The summed E-state index contributed by atoms with van der Waals surface area (Å²) in [5.41, 5.74) is 9.82. The number of benzene rings is 4. The third-order valence-corrected chi connectivity index (χ3v) is 11.8. The van der Waals surface area contributed by atoms with Gasteiger partial charge in [0, 0.05) is 76.1 Å². The van der Waals surface area contributed by atoms with Gasteiger partial charge in [0.2, 0.25) is 0 Å². The summed E-state index contributed by atoms with van der Waals surface area (Å²) in [5, 5.41) is 21.8. The van der Waals surface area contributed by atoms with E-state index in [1.54, 1.807) is 15.6 Å². The van der Waals surface area contributed by atoms with E-state index < -0.39 is 57.6 Å². The van der Waals surface area contributed by atoms with Crippen LogP contribution in [0.15, 0.2) is 68.6 Å². The van der Waals surface area contributed by atoms with Gasteiger partial charge in [0.25, 0.3) is 5.91 Å². The summed E-state index contributed by atoms with van der Waals surface area (Å²) < 4.78 is 119. The molecule has 0 radical (unpaired) electrons. The fourth-order valence-corrected chi connectivity index (χ4v) is 8.74. The predicted octanol–water partition coefficient (Wildman–Crippen LogP) is -6.47. The van der Waals surface area contributed by atoms with Gasteiger partial charge in [0.05, 0.1) is 37.8 Å². The molecule has 0 spiro atoms. The molecule has 0 fully saturated rings. The largest absolute Gasteiger partial charge is 1.00 e. The Balaban J connectivity index is 0.00000341. The van der Waals surface area contributed by atoms with Gasteiger partial charge in [-0.2, -0.15) is 0 Å². The second-order valence-electron chi connectivity index (χ2n) is 14.5. The van der Waals surface area contributed by atoms with Gasteiger partial charge in [0.15, 0.2) is 6.61 Å². The van der Waals surface area contributed by atoms with Gasteiger partial charge in [-0.3, -0.25) is 14.4 Å². The van der Waals surface area contributed by atoms with E-state index in [-0.39, 0.29) is 139 Å². The fourth-order valence-electron chi connectivity index (χ4n) is 6.57. The molecule has 0 unspecified atom stereocenters. The van der Waals surface area contributed by atoms with Crippen LogP contribution in [0.4, 0.5) is 0 Å². The summed E-state index contributed by atoms with van der Waals surface area (Å²) in [7, 11) is -16.0. The van der Waals surface area contributed by atoms with Crippen molar-refractivity contribution in [1.82, 2.24) is 40.2 Å². The maximum absolute atomic E-state index is 12.9. The normalized spacial score (nSPS) is 12.2. The Morgan fingerprint density at radius 2 is 1.32 bits per heavy atom. The first-order chi connectivity index (χ1) is 27.6. The van der Waals surface area contributed by atoms with Crippen LogP contribution in [0.1, 0.15) is 45.0 Å². The Kier molecular flexibility index (Phi) is 18.8. The molecule has 4 aromatic carbocycles. The number of carbonyl (C=O) groups is 1. The second-order valence-corrected chi connectivity index (χ2v) is 18.5. The standard InChI is InChI=1S/C34H39N11O11S3.3Na/c1-34(2,3)45-19-22(39-42-45)17-43(12-5-11-37-40-35)16-21-18-44(41-38-21)13-4-10-36-31(46)20-56-27-14-28(57(47,48)49)24-8-9-26-30(59(53,54)55)15-29(58(50,51)52)25-7-6-23(27)32(24)33(25)26;;;/h6-9,14-15,18-19H,4-5,10-13,16-17,20H2,1-3H3,(H,36,46)(H,47,48,49)(H,50,51,52)(H,53,54,55);;;/q;3*+1/p-3. The van der Waals surface area contributed by atoms with Gasteiger partial charge in [-0.15, -0.1) is 10.2 Å². The van der Waals surface area contributed by atoms with Gasteiger partial charge >= 0.3 is 88.7 Å². The van der Waals surface area contributed by atoms with E-state index in [4.69, 9.17) is 10.3 Å². The Morgan fingerprint density at radius 3 is 1.85 bits per heavy atom. The van der Waals surface area contributed by atoms with E-state index in [1.807, 2.05) is 27.0 Å². The average molecular weight is 940 g/mol. The number of ether oxygens (including phenoxy) is 1. The Morgan fingerprint density at radius 1 is 0.806 bits per heavy atom. The van der Waals surface area contributed by atoms with Crippen LogP contribution in [-0.4, -0.2) is 106 Å². The molecule has 314 valence electrons. The first-order valence-corrected chi connectivity index (χ1v) is 22.0. The number of aryl methyl sites for hydroxylation is 1. The third kappa shape index (κ3) is 12.8. The third-order valence-electron chi connectivity index (χ3n) is 9.18. The summed E-state index contributed by atoms with van der Waals surface area (Å²) in [6, 6.07) is 5.84. The summed E-state index contributed by atoms with van der Waals surface area (Å²) in [6.07, 6.45) is 4.66. The molecule has 0 bridgehead atoms. The maximum atomic E-state index is 12.9. The van der Waals surface area contributed by atoms with Gasteiger partial charge < -0.3 is 23.7 Å². The van der Waals surface area contributed by atoms with Gasteiger partial charge in [-0.1, -0.05) is 33.7 Å². The first kappa shape index (κ1) is 53.8. The molecule has 6 rings (SSSR count). The SMILES string of the molecule is CC(C)(C)n1cc(CN(CCCN=[N+]=[N-])Cc2cn(CCCNC(=O)COc3cc(S(=O)(=O)[O-])c4ccc5c(S(=O)(=O)[O-])cc(S(=O)(=O)[O-])c6ccc3c4c65)nn2)nn1.[Na+].[Na+].[Na+]. The molecule has 0 aliphatic carbocycles. The van der Waals surface area contributed by atoms with E-state index >= 15 is 0 Å². The molecule has 22 nitrogen and oxygen atoms in total. The zero-order valence-corrected chi connectivity index (χ0v) is 43.1. The van der Waals surface area contributed by atoms with Crippen LogP contribution >= 0.6 is 0 Å². The topological polar surface area (TPSA) is 323 Å². The van der Waals surface area contributed by atoms with Crippen molar-refractivity contribution in [2.45, 2.75) is 73.5 Å². The molecule has 0 saturated heterocycles. The predicted molar refractivity (Wildman–Crippen MR) is 205 cm³/mol. The minimum absolute atomic E-state index is 0. The zero-order valence-electron chi connectivity index (χ0n) is 34.7. The van der Waals surface area contributed by atoms with Crippen molar-refractivity contribution < 1.29 is 137 Å². The second kappa shape index (κ2) is 21.6. The van der Waals surface area contributed by atoms with E-state index in [9.17, 15) is 43.7 Å². The maximum Gasteiger partial charge on any atom is 1.00 e. The Bertz CT molecular complexity index is 2900. The van der Waals surface area contributed by atoms with Gasteiger partial charge in [0.1, 0.15) is 36.1 Å². The summed E-state index contributed by atoms with van der Waals surface area (Å²) in [4.78, 5) is 14.8. The molecule has 28 heteroatoms. The summed E-state index contributed by atoms with van der Waals surface area (Å²) >= 11 is 0. The van der Waals surface area contributed by atoms with Crippen molar-refractivity contribution in [3.63, 3.8) is 0 Å². The molecule has 2 aromatic heterocycles. The zero-order chi connectivity index (χ0) is 42.9. The number of nitrogens with one attached hydrogen (secondary N) is 1. The van der Waals surface area contributed by atoms with Crippen LogP contribution in [0.25, 0.3) is 42.8 Å². The minimum atomic E-state index is -5.38. The van der Waals surface area contributed by atoms with Crippen LogP contribution < -0.4 is 98.7 Å². The van der Waals surface area contributed by atoms with Crippen LogP contribution in [-0.2, 0) is 60.3 Å². The van der Waals surface area contributed by atoms with Crippen LogP contribution in [0.2, 0.25) is 0 Å². The minimum Gasteiger partial charge on any atom is -0.744 e. The molecule has 1 N–H and O–H groups in total. The number of carbonyl (C=O) groups excluding carboxylic acids is 1. The number of rotatable bonds is 18. The molecule has 0 aliphatic heterocycles. The van der Waals surface area contributed by atoms with Crippen LogP contribution in [0, 0.1) is 0 Å². The van der Waals surface area contributed by atoms with Crippen molar-refractivity contribution in [2.75, 3.05) is 26.2 Å². The molecule has 6 aromatic rings. The van der Waals surface area contributed by atoms with Crippen LogP contribution in [0.3, 0.4) is 0 Å². The van der Waals surface area contributed by atoms with Crippen molar-refractivity contribution in [2.24, 2.45) is 5.11 Å². The number of hydrogen-bond donors (Lipinski definition) is 1. The van der Waals surface area contributed by atoms with E-state index in [2.05, 4.69) is 40.9 Å². The van der Waals surface area contributed by atoms with Crippen molar-refractivity contribution in [1.29, 1.82) is 0 Å². The van der Waals surface area contributed by atoms with Crippen LogP contribution in [0.5, 0.6) is 5.75 Å². The Labute approximate surface area is 422 Å². The number of hydrogen-bond acceptors (Lipinski definition) is 17. The molecule has 0 atom stereocenters. The Hall–Kier alpha value is -2.53. The number of aromatic nitrogens is 6. The number of nitrogens with zero attached hydrogens (tertiary/aromatic N) is 10. The molecule has 1 amide bonds. The van der Waals surface area contributed by atoms with Gasteiger partial charge in [-0.05, 0) is 63.9 Å². The quantitative estimate of drug-likeness (QED) is 0.0159. The van der Waals surface area contributed by atoms with E-state index in [0.29, 0.717) is 57.3 Å².